The van der Waals surface area contributed by atoms with Gasteiger partial charge in [0.05, 0.1) is 87.5 Å². The summed E-state index contributed by atoms with van der Waals surface area (Å²) in [6.07, 6.45) is -2.99. The molecular weight excluding hydrogens is 1540 g/mol. The van der Waals surface area contributed by atoms with Crippen LogP contribution in [0.4, 0.5) is 0 Å². The predicted molar refractivity (Wildman–Crippen MR) is 460 cm³/mol. The molecule has 24 atom stereocenters. The molecule has 0 amide bonds. The Morgan fingerprint density at radius 1 is 0.546 bits per heavy atom. The van der Waals surface area contributed by atoms with Crippen molar-refractivity contribution >= 4 is 28.9 Å². The molecule has 5 aromatic carbocycles. The number of azide groups is 1. The molecule has 119 heavy (non-hydrogen) atoms. The molecule has 22 heteroatoms. The van der Waals surface area contributed by atoms with Crippen LogP contribution >= 0.6 is 0 Å². The van der Waals surface area contributed by atoms with Crippen LogP contribution in [0.1, 0.15) is 189 Å². The molecule has 5 aromatic rings. The van der Waals surface area contributed by atoms with Crippen LogP contribution in [0.5, 0.6) is 0 Å². The summed E-state index contributed by atoms with van der Waals surface area (Å²) in [6, 6.07) is 54.3. The SMILES string of the molecule is CC[Si](CC)(CC)OC1CCC2(C)C(CCC3(C)C2CC=C2C4CC(C)(C)CC[C@]4(C(=O)O[C@@H]4OC(COCc5ccccc5)C(N=[N+]=[N-])C(OCc5ccccc5)C4O[C@@H]4OC(C)[C@H](O[C@@H]5OC[C@@H](OCc6ccccc6)C(OCc6ccccc6)C5OCc5ccccc5)C5OC(C)(C)OC54)C(O[Si](CC)(CC)CC)CC23C)C1(C)C=O. The molecule has 0 aromatic heterocycles. The third-order valence-electron chi connectivity index (χ3n) is 30.7. The van der Waals surface area contributed by atoms with E-state index in [0.29, 0.717) is 19.4 Å². The van der Waals surface area contributed by atoms with Crippen molar-refractivity contribution < 1.29 is 80.0 Å². The molecular formula is C97H135N3O17Si2. The van der Waals surface area contributed by atoms with Crippen molar-refractivity contribution in [2.45, 2.75) is 335 Å². The first-order valence-corrected chi connectivity index (χ1v) is 49.9. The Bertz CT molecular complexity index is 4200. The lowest BCUT2D eigenvalue weighted by atomic mass is 9.33. The summed E-state index contributed by atoms with van der Waals surface area (Å²) in [5.74, 6) is -1.60. The Morgan fingerprint density at radius 3 is 1.61 bits per heavy atom. The second-order valence-electron chi connectivity index (χ2n) is 38.1. The topological polar surface area (TPSA) is 221 Å². The lowest BCUT2D eigenvalue weighted by Crippen LogP contribution is -2.70. The van der Waals surface area contributed by atoms with Crippen molar-refractivity contribution in [2.75, 3.05) is 13.2 Å². The molecule has 9 aliphatic rings. The number of esters is 1. The second-order valence-corrected chi connectivity index (χ2v) is 47.6. The van der Waals surface area contributed by atoms with Gasteiger partial charge in [-0.2, -0.15) is 0 Å². The molecule has 0 N–H and O–H groups in total. The highest BCUT2D eigenvalue weighted by Gasteiger charge is 2.74. The summed E-state index contributed by atoms with van der Waals surface area (Å²) in [5.41, 5.74) is 14.0. The number of fused-ring (bicyclic) bond motifs is 8. The Kier molecular flexibility index (Phi) is 28.2. The minimum absolute atomic E-state index is 0.0450. The van der Waals surface area contributed by atoms with Gasteiger partial charge in [-0.1, -0.05) is 252 Å². The van der Waals surface area contributed by atoms with Crippen molar-refractivity contribution in [1.29, 1.82) is 0 Å². The summed E-state index contributed by atoms with van der Waals surface area (Å²) in [5, 5.41) is 4.57. The molecule has 4 aliphatic heterocycles. The Hall–Kier alpha value is -5.84. The number of allylic oxidation sites excluding steroid dienone is 2. The number of ether oxygens (including phenoxy) is 13. The Labute approximate surface area is 710 Å². The number of hydrogen-bond acceptors (Lipinski definition) is 18. The smallest absolute Gasteiger partial charge is 0.317 e. The highest BCUT2D eigenvalue weighted by atomic mass is 28.4. The maximum absolute atomic E-state index is 17.7. The summed E-state index contributed by atoms with van der Waals surface area (Å²) in [6.45, 7) is 35.0. The van der Waals surface area contributed by atoms with Gasteiger partial charge in [0.15, 0.2) is 35.0 Å². The molecule has 8 fully saturated rings. The monoisotopic (exact) mass is 1670 g/mol. The Balaban J connectivity index is 0.839. The number of aldehydes is 1. The van der Waals surface area contributed by atoms with Gasteiger partial charge < -0.3 is 75.2 Å². The van der Waals surface area contributed by atoms with E-state index in [4.69, 9.17) is 70.4 Å². The molecule has 14 rings (SSSR count). The van der Waals surface area contributed by atoms with Crippen LogP contribution in [0.3, 0.4) is 0 Å². The van der Waals surface area contributed by atoms with E-state index in [-0.39, 0.29) is 79.7 Å². The number of rotatable bonds is 34. The molecule has 18 unspecified atom stereocenters. The van der Waals surface area contributed by atoms with Crippen LogP contribution in [-0.2, 0) is 113 Å². The van der Waals surface area contributed by atoms with E-state index in [2.05, 4.69) is 99.2 Å². The minimum atomic E-state index is -2.60. The average Bonchev–Trinajstić information content (AvgIpc) is 0.838. The average molecular weight is 1670 g/mol. The maximum Gasteiger partial charge on any atom is 0.317 e. The van der Waals surface area contributed by atoms with Crippen LogP contribution in [0.2, 0.25) is 36.3 Å². The standard InChI is InChI=1S/C97H135N3O17Si2/c1-16-118(17-2,18-3)116-77-50-51-93(12)75(94(77,13)64-101)49-52-95(14)76(93)48-47-71-72-55-91(8,9)53-54-97(72,78(56-96(71,95)15)117-119(19-4,20-5)21-6)90(102)113-88-85(82(106-60-69-43-33-25-34-44-69)79(99-100-98)73(110-88)62-103-57-66-37-27-22-28-38-66)112-89-86-83(114-92(10,11)115-86)80(65(7)109-89)111-87-84(107-61-70-45-35-26-36-46-70)81(105-59-68-41-31-24-32-42-68)74(63-108-87)104-58-67-39-29-23-30-40-67/h22-47,64-65,72-89H,16-21,48-63H2,1-15H3/t65?,72?,73?,74-,75?,76?,77?,78?,79?,80+,81?,82?,83?,84?,85?,86?,87+,88+,89+,93?,94?,95?,96?,97-/m1/s1. The van der Waals surface area contributed by atoms with E-state index in [1.807, 2.05) is 172 Å². The fourth-order valence-electron chi connectivity index (χ4n) is 23.2. The second kappa shape index (κ2) is 37.5. The molecule has 20 nitrogen and oxygen atoms in total. The van der Waals surface area contributed by atoms with Gasteiger partial charge in [0.1, 0.15) is 55.1 Å². The van der Waals surface area contributed by atoms with Gasteiger partial charge in [0.25, 0.3) is 0 Å². The zero-order valence-electron chi connectivity index (χ0n) is 73.4. The largest absolute Gasteiger partial charge is 0.432 e. The van der Waals surface area contributed by atoms with Crippen molar-refractivity contribution in [2.24, 2.45) is 55.4 Å². The van der Waals surface area contributed by atoms with Gasteiger partial charge in [0.2, 0.25) is 6.29 Å². The van der Waals surface area contributed by atoms with Crippen LogP contribution < -0.4 is 0 Å². The number of carbonyl (C=O) groups excluding carboxylic acids is 2. The van der Waals surface area contributed by atoms with E-state index in [9.17, 15) is 10.3 Å². The van der Waals surface area contributed by atoms with Crippen molar-refractivity contribution in [1.82, 2.24) is 0 Å². The number of carbonyl (C=O) groups is 2. The third-order valence-corrected chi connectivity index (χ3v) is 40.0. The molecule has 4 saturated carbocycles. The maximum atomic E-state index is 17.7. The van der Waals surface area contributed by atoms with E-state index < -0.39 is 137 Å². The zero-order chi connectivity index (χ0) is 84.2. The molecule has 0 spiro atoms. The fourth-order valence-corrected chi connectivity index (χ4v) is 29.1. The number of hydrogen-bond donors (Lipinski definition) is 0. The highest BCUT2D eigenvalue weighted by molar-refractivity contribution is 6.74. The fraction of sp³-hybridized carbons (Fsp3) is 0.649. The van der Waals surface area contributed by atoms with Crippen LogP contribution in [-0.4, -0.2) is 146 Å². The summed E-state index contributed by atoms with van der Waals surface area (Å²) in [7, 11) is -4.68. The van der Waals surface area contributed by atoms with Gasteiger partial charge in [-0.25, -0.2) is 0 Å². The van der Waals surface area contributed by atoms with Crippen molar-refractivity contribution in [3.63, 3.8) is 0 Å². The van der Waals surface area contributed by atoms with E-state index in [0.717, 1.165) is 109 Å². The quantitative estimate of drug-likeness (QED) is 0.00710. The first-order valence-electron chi connectivity index (χ1n) is 44.8. The molecule has 4 heterocycles. The van der Waals surface area contributed by atoms with E-state index >= 15 is 4.79 Å². The first kappa shape index (κ1) is 89.4. The normalized spacial score (nSPS) is 36.6. The molecule has 0 radical (unpaired) electrons. The Morgan fingerprint density at radius 2 is 1.06 bits per heavy atom. The predicted octanol–water partition coefficient (Wildman–Crippen LogP) is 20.3. The zero-order valence-corrected chi connectivity index (χ0v) is 75.4. The van der Waals surface area contributed by atoms with Crippen molar-refractivity contribution in [3.05, 3.63) is 202 Å². The lowest BCUT2D eigenvalue weighted by molar-refractivity contribution is -0.365. The molecule has 648 valence electrons. The third kappa shape index (κ3) is 18.1. The first-order chi connectivity index (χ1) is 57.2. The molecule has 4 saturated heterocycles. The van der Waals surface area contributed by atoms with E-state index in [1.165, 1.54) is 11.9 Å². The van der Waals surface area contributed by atoms with Gasteiger partial charge in [-0.05, 0) is 188 Å². The van der Waals surface area contributed by atoms with Crippen molar-refractivity contribution in [3.8, 4) is 0 Å². The molecule has 0 bridgehead atoms. The summed E-state index contributed by atoms with van der Waals surface area (Å²) >= 11 is 0. The van der Waals surface area contributed by atoms with Gasteiger partial charge in [0, 0.05) is 4.91 Å². The summed E-state index contributed by atoms with van der Waals surface area (Å²) in [4.78, 5) is 35.4. The highest BCUT2D eigenvalue weighted by Crippen LogP contribution is 2.77. The van der Waals surface area contributed by atoms with Gasteiger partial charge in [-0.3, -0.25) is 4.79 Å². The molecule has 5 aliphatic carbocycles. The minimum Gasteiger partial charge on any atom is -0.432 e. The van der Waals surface area contributed by atoms with Gasteiger partial charge >= 0.3 is 5.97 Å². The van der Waals surface area contributed by atoms with Gasteiger partial charge in [-0.15, -0.1) is 0 Å². The number of benzene rings is 5. The van der Waals surface area contributed by atoms with Crippen LogP contribution in [0, 0.1) is 50.2 Å². The lowest BCUT2D eigenvalue weighted by Gasteiger charge is -2.72. The summed E-state index contributed by atoms with van der Waals surface area (Å²) < 4.78 is 109. The van der Waals surface area contributed by atoms with Crippen LogP contribution in [0.25, 0.3) is 10.4 Å². The van der Waals surface area contributed by atoms with E-state index in [1.54, 1.807) is 0 Å². The number of nitrogens with zero attached hydrogens (tertiary/aromatic N) is 3. The van der Waals surface area contributed by atoms with Crippen LogP contribution in [0.15, 0.2) is 168 Å².